The van der Waals surface area contributed by atoms with E-state index in [1.54, 1.807) is 0 Å². The maximum absolute atomic E-state index is 4.59. The monoisotopic (exact) mass is 230 g/mol. The molecule has 0 radical (unpaired) electrons. The van der Waals surface area contributed by atoms with E-state index in [0.29, 0.717) is 10.5 Å². The van der Waals surface area contributed by atoms with E-state index in [1.807, 2.05) is 0 Å². The molecule has 0 saturated heterocycles. The molecule has 0 spiro atoms. The summed E-state index contributed by atoms with van der Waals surface area (Å²) in [6.45, 7) is 0. The first-order valence-electron chi connectivity index (χ1n) is 5.80. The Morgan fingerprint density at radius 2 is 1.14 bits per heavy atom. The van der Waals surface area contributed by atoms with Crippen molar-refractivity contribution < 1.29 is 0 Å². The van der Waals surface area contributed by atoms with Gasteiger partial charge in [0.15, 0.2) is 0 Å². The molecular weight excluding hydrogens is 208 g/mol. The van der Waals surface area contributed by atoms with Crippen LogP contribution in [0.2, 0.25) is 0 Å². The molecule has 2 heteroatoms. The predicted molar refractivity (Wildman–Crippen MR) is 71.6 cm³/mol. The summed E-state index contributed by atoms with van der Waals surface area (Å²) in [4.78, 5) is 0. The highest BCUT2D eigenvalue weighted by atomic mass is 32.1. The Kier molecular flexibility index (Phi) is 6.88. The molecule has 2 atom stereocenters. The molecule has 1 rings (SSSR count). The zero-order chi connectivity index (χ0) is 10.2. The third kappa shape index (κ3) is 6.02. The minimum atomic E-state index is 0.609. The van der Waals surface area contributed by atoms with Crippen molar-refractivity contribution in [1.29, 1.82) is 0 Å². The molecule has 0 nitrogen and oxygen atoms in total. The number of rotatable bonds is 0. The molecule has 1 aliphatic rings. The Morgan fingerprint density at radius 1 is 0.714 bits per heavy atom. The average molecular weight is 230 g/mol. The average Bonchev–Trinajstić information content (AvgIpc) is 2.16. The van der Waals surface area contributed by atoms with Gasteiger partial charge in [-0.25, -0.2) is 0 Å². The van der Waals surface area contributed by atoms with Gasteiger partial charge in [0.1, 0.15) is 0 Å². The molecule has 0 N–H and O–H groups in total. The van der Waals surface area contributed by atoms with Crippen LogP contribution < -0.4 is 0 Å². The van der Waals surface area contributed by atoms with Crippen LogP contribution in [-0.4, -0.2) is 10.5 Å². The van der Waals surface area contributed by atoms with E-state index in [0.717, 1.165) is 0 Å². The standard InChI is InChI=1S/C12H22S2/c13-11-7-3-1-2-4-8-12(14)10-6-5-9-11/h1-2,11-14H,3-10H2/b2-1+. The summed E-state index contributed by atoms with van der Waals surface area (Å²) >= 11 is 9.19. The summed E-state index contributed by atoms with van der Waals surface area (Å²) in [5.41, 5.74) is 0. The molecule has 0 aliphatic heterocycles. The molecule has 0 heterocycles. The summed E-state index contributed by atoms with van der Waals surface area (Å²) in [6.07, 6.45) is 14.7. The second-order valence-corrected chi connectivity index (χ2v) is 5.68. The normalized spacial score (nSPS) is 34.1. The minimum absolute atomic E-state index is 0.609. The van der Waals surface area contributed by atoms with Crippen molar-refractivity contribution in [2.24, 2.45) is 0 Å². The molecule has 0 aromatic heterocycles. The second-order valence-electron chi connectivity index (χ2n) is 4.22. The van der Waals surface area contributed by atoms with Gasteiger partial charge < -0.3 is 0 Å². The highest BCUT2D eigenvalue weighted by Crippen LogP contribution is 2.19. The van der Waals surface area contributed by atoms with E-state index in [1.165, 1.54) is 51.4 Å². The molecule has 0 bridgehead atoms. The first-order chi connectivity index (χ1) is 6.79. The van der Waals surface area contributed by atoms with E-state index >= 15 is 0 Å². The van der Waals surface area contributed by atoms with Crippen LogP contribution in [0.1, 0.15) is 51.4 Å². The Bertz CT molecular complexity index is 148. The first kappa shape index (κ1) is 12.5. The fraction of sp³-hybridized carbons (Fsp3) is 0.833. The van der Waals surface area contributed by atoms with Crippen molar-refractivity contribution in [1.82, 2.24) is 0 Å². The zero-order valence-corrected chi connectivity index (χ0v) is 10.6. The fourth-order valence-corrected chi connectivity index (χ4v) is 2.52. The van der Waals surface area contributed by atoms with Crippen molar-refractivity contribution in [3.63, 3.8) is 0 Å². The topological polar surface area (TPSA) is 0 Å². The molecule has 0 saturated carbocycles. The van der Waals surface area contributed by atoms with Gasteiger partial charge in [-0.3, -0.25) is 0 Å². The maximum atomic E-state index is 4.59. The molecule has 0 aromatic rings. The lowest BCUT2D eigenvalue weighted by atomic mass is 10.0. The van der Waals surface area contributed by atoms with Crippen LogP contribution in [0.3, 0.4) is 0 Å². The van der Waals surface area contributed by atoms with Crippen LogP contribution in [0.15, 0.2) is 12.2 Å². The van der Waals surface area contributed by atoms with Crippen molar-refractivity contribution in [2.75, 3.05) is 0 Å². The summed E-state index contributed by atoms with van der Waals surface area (Å²) in [7, 11) is 0. The van der Waals surface area contributed by atoms with Crippen LogP contribution >= 0.6 is 25.3 Å². The van der Waals surface area contributed by atoms with Crippen LogP contribution in [0.25, 0.3) is 0 Å². The highest BCUT2D eigenvalue weighted by molar-refractivity contribution is 7.81. The van der Waals surface area contributed by atoms with Crippen LogP contribution in [0.4, 0.5) is 0 Å². The molecule has 1 aliphatic carbocycles. The highest BCUT2D eigenvalue weighted by Gasteiger charge is 2.05. The second kappa shape index (κ2) is 7.70. The molecule has 0 amide bonds. The van der Waals surface area contributed by atoms with E-state index in [9.17, 15) is 0 Å². The predicted octanol–water partition coefficient (Wildman–Crippen LogP) is 4.27. The van der Waals surface area contributed by atoms with Gasteiger partial charge >= 0.3 is 0 Å². The van der Waals surface area contributed by atoms with Gasteiger partial charge in [-0.15, -0.1) is 0 Å². The number of allylic oxidation sites excluding steroid dienone is 2. The van der Waals surface area contributed by atoms with Crippen LogP contribution in [0, 0.1) is 0 Å². The summed E-state index contributed by atoms with van der Waals surface area (Å²) in [5.74, 6) is 0. The van der Waals surface area contributed by atoms with Gasteiger partial charge in [0.25, 0.3) is 0 Å². The van der Waals surface area contributed by atoms with Gasteiger partial charge in [-0.05, 0) is 38.5 Å². The van der Waals surface area contributed by atoms with Crippen molar-refractivity contribution >= 4 is 25.3 Å². The number of hydrogen-bond donors (Lipinski definition) is 2. The molecule has 2 unspecified atom stereocenters. The Balaban J connectivity index is 2.30. The number of thiol groups is 2. The Labute approximate surface area is 99.4 Å². The lowest BCUT2D eigenvalue weighted by molar-refractivity contribution is 0.584. The first-order valence-corrected chi connectivity index (χ1v) is 6.83. The molecule has 0 aromatic carbocycles. The Hall–Kier alpha value is 0.440. The van der Waals surface area contributed by atoms with Gasteiger partial charge in [0.2, 0.25) is 0 Å². The summed E-state index contributed by atoms with van der Waals surface area (Å²) in [6, 6.07) is 0. The van der Waals surface area contributed by atoms with Crippen LogP contribution in [-0.2, 0) is 0 Å². The van der Waals surface area contributed by atoms with E-state index in [4.69, 9.17) is 0 Å². The lowest BCUT2D eigenvalue weighted by Crippen LogP contribution is -2.02. The van der Waals surface area contributed by atoms with Crippen LogP contribution in [0.5, 0.6) is 0 Å². The van der Waals surface area contributed by atoms with Crippen molar-refractivity contribution in [3.8, 4) is 0 Å². The third-order valence-corrected chi connectivity index (χ3v) is 3.86. The molecule has 82 valence electrons. The molecular formula is C12H22S2. The lowest BCUT2D eigenvalue weighted by Gasteiger charge is -2.12. The Morgan fingerprint density at radius 3 is 1.57 bits per heavy atom. The van der Waals surface area contributed by atoms with E-state index < -0.39 is 0 Å². The molecule has 0 fully saturated rings. The number of hydrogen-bond acceptors (Lipinski definition) is 2. The van der Waals surface area contributed by atoms with Crippen molar-refractivity contribution in [2.45, 2.75) is 61.9 Å². The fourth-order valence-electron chi connectivity index (χ4n) is 1.86. The van der Waals surface area contributed by atoms with E-state index in [2.05, 4.69) is 37.4 Å². The van der Waals surface area contributed by atoms with E-state index in [-0.39, 0.29) is 0 Å². The van der Waals surface area contributed by atoms with Gasteiger partial charge in [0.05, 0.1) is 0 Å². The largest absolute Gasteiger partial charge is 0.176 e. The van der Waals surface area contributed by atoms with Gasteiger partial charge in [-0.1, -0.05) is 25.0 Å². The smallest absolute Gasteiger partial charge is 0.00197 e. The van der Waals surface area contributed by atoms with Gasteiger partial charge in [-0.2, -0.15) is 25.3 Å². The zero-order valence-electron chi connectivity index (χ0n) is 8.86. The quantitative estimate of drug-likeness (QED) is 0.450. The molecule has 14 heavy (non-hydrogen) atoms. The minimum Gasteiger partial charge on any atom is -0.176 e. The maximum Gasteiger partial charge on any atom is 0.00197 e. The SMILES string of the molecule is SC1CC/C=C/CCC(S)CCCC1. The third-order valence-electron chi connectivity index (χ3n) is 2.82. The van der Waals surface area contributed by atoms with Gasteiger partial charge in [0, 0.05) is 10.5 Å². The van der Waals surface area contributed by atoms with Crippen molar-refractivity contribution in [3.05, 3.63) is 12.2 Å². The summed E-state index contributed by atoms with van der Waals surface area (Å²) < 4.78 is 0. The summed E-state index contributed by atoms with van der Waals surface area (Å²) in [5, 5.41) is 1.22.